The average molecular weight is 479 g/mol. The number of carbonyl (C=O) groups is 1. The van der Waals surface area contributed by atoms with E-state index < -0.39 is 0 Å². The van der Waals surface area contributed by atoms with Crippen LogP contribution in [0.5, 0.6) is 5.75 Å². The van der Waals surface area contributed by atoms with Crippen LogP contribution in [0.25, 0.3) is 0 Å². The van der Waals surface area contributed by atoms with Crippen LogP contribution >= 0.6 is 23.4 Å². The van der Waals surface area contributed by atoms with Crippen molar-refractivity contribution >= 4 is 35.0 Å². The summed E-state index contributed by atoms with van der Waals surface area (Å²) in [6.45, 7) is 3.01. The van der Waals surface area contributed by atoms with E-state index in [1.807, 2.05) is 61.5 Å². The molecular weight excluding hydrogens is 456 g/mol. The lowest BCUT2D eigenvalue weighted by atomic mass is 10.2. The summed E-state index contributed by atoms with van der Waals surface area (Å²) in [6, 6.07) is 25.0. The van der Waals surface area contributed by atoms with Crippen LogP contribution in [-0.2, 0) is 13.0 Å². The molecule has 0 atom stereocenters. The number of carbonyl (C=O) groups excluding carboxylic acids is 1. The molecule has 33 heavy (non-hydrogen) atoms. The lowest BCUT2D eigenvalue weighted by Crippen LogP contribution is -2.14. The number of para-hydroxylation sites is 2. The van der Waals surface area contributed by atoms with Gasteiger partial charge in [0.15, 0.2) is 5.16 Å². The zero-order chi connectivity index (χ0) is 23.0. The standard InChI is InChI=1S/C25H23ClN4O2S/c1-2-32-21-14-8-6-12-19(21)23(31)27-20-13-7-9-15-22(20)33-25-28-24(26)29-30(25)17-16-18-10-4-3-5-11-18/h3-15H,2,16-17H2,1H3,(H,27,31). The number of aromatic nitrogens is 3. The zero-order valence-corrected chi connectivity index (χ0v) is 19.6. The minimum atomic E-state index is -0.240. The molecule has 168 valence electrons. The highest BCUT2D eigenvalue weighted by atomic mass is 35.5. The molecule has 0 aliphatic rings. The van der Waals surface area contributed by atoms with Crippen molar-refractivity contribution in [2.45, 2.75) is 29.9 Å². The molecule has 0 saturated heterocycles. The highest BCUT2D eigenvalue weighted by Gasteiger charge is 2.16. The van der Waals surface area contributed by atoms with Crippen molar-refractivity contribution in [3.05, 3.63) is 95.3 Å². The smallest absolute Gasteiger partial charge is 0.259 e. The monoisotopic (exact) mass is 478 g/mol. The third kappa shape index (κ3) is 5.94. The van der Waals surface area contributed by atoms with E-state index in [-0.39, 0.29) is 11.2 Å². The Morgan fingerprint density at radius 1 is 1.03 bits per heavy atom. The quantitative estimate of drug-likeness (QED) is 0.320. The maximum absolute atomic E-state index is 13.0. The Bertz CT molecular complexity index is 1230. The molecule has 4 rings (SSSR count). The van der Waals surface area contributed by atoms with Crippen LogP contribution in [0.1, 0.15) is 22.8 Å². The molecule has 4 aromatic rings. The largest absolute Gasteiger partial charge is 0.493 e. The third-order valence-corrected chi connectivity index (χ3v) is 6.06. The van der Waals surface area contributed by atoms with Gasteiger partial charge >= 0.3 is 0 Å². The predicted molar refractivity (Wildman–Crippen MR) is 131 cm³/mol. The van der Waals surface area contributed by atoms with Crippen LogP contribution in [0.15, 0.2) is 88.9 Å². The number of nitrogens with zero attached hydrogens (tertiary/aromatic N) is 3. The summed E-state index contributed by atoms with van der Waals surface area (Å²) < 4.78 is 7.40. The second kappa shape index (κ2) is 11.0. The Balaban J connectivity index is 1.52. The van der Waals surface area contributed by atoms with Crippen LogP contribution in [0.4, 0.5) is 5.69 Å². The fraction of sp³-hybridized carbons (Fsp3) is 0.160. The molecule has 1 aromatic heterocycles. The van der Waals surface area contributed by atoms with Gasteiger partial charge in [0, 0.05) is 11.4 Å². The molecule has 3 aromatic carbocycles. The number of anilines is 1. The van der Waals surface area contributed by atoms with E-state index in [0.717, 1.165) is 11.3 Å². The number of rotatable bonds is 9. The van der Waals surface area contributed by atoms with Gasteiger partial charge in [-0.1, -0.05) is 54.6 Å². The number of aryl methyl sites for hydroxylation is 2. The van der Waals surface area contributed by atoms with Crippen LogP contribution in [0.2, 0.25) is 5.28 Å². The molecule has 0 bridgehead atoms. The van der Waals surface area contributed by atoms with Gasteiger partial charge in [-0.05, 0) is 66.5 Å². The number of hydrogen-bond acceptors (Lipinski definition) is 5. The normalized spacial score (nSPS) is 10.7. The summed E-state index contributed by atoms with van der Waals surface area (Å²) in [4.78, 5) is 18.2. The lowest BCUT2D eigenvalue weighted by molar-refractivity contribution is 0.102. The highest BCUT2D eigenvalue weighted by Crippen LogP contribution is 2.33. The Kier molecular flexibility index (Phi) is 7.65. The minimum absolute atomic E-state index is 0.192. The lowest BCUT2D eigenvalue weighted by Gasteiger charge is -2.13. The maximum Gasteiger partial charge on any atom is 0.259 e. The fourth-order valence-electron chi connectivity index (χ4n) is 3.28. The van der Waals surface area contributed by atoms with Gasteiger partial charge in [-0.25, -0.2) is 4.68 Å². The first-order valence-corrected chi connectivity index (χ1v) is 11.8. The van der Waals surface area contributed by atoms with E-state index >= 15 is 0 Å². The second-order valence-corrected chi connectivity index (χ2v) is 8.45. The molecule has 0 unspecified atom stereocenters. The van der Waals surface area contributed by atoms with E-state index in [9.17, 15) is 4.79 Å². The molecule has 0 fully saturated rings. The topological polar surface area (TPSA) is 69.0 Å². The summed E-state index contributed by atoms with van der Waals surface area (Å²) in [5.74, 6) is 0.311. The molecule has 1 amide bonds. The molecule has 0 radical (unpaired) electrons. The molecule has 0 aliphatic heterocycles. The minimum Gasteiger partial charge on any atom is -0.493 e. The summed E-state index contributed by atoms with van der Waals surface area (Å²) >= 11 is 7.53. The summed E-state index contributed by atoms with van der Waals surface area (Å²) in [5, 5.41) is 8.19. The third-order valence-electron chi connectivity index (χ3n) is 4.84. The van der Waals surface area contributed by atoms with Gasteiger partial charge in [-0.2, -0.15) is 4.98 Å². The Morgan fingerprint density at radius 3 is 2.58 bits per heavy atom. The second-order valence-electron chi connectivity index (χ2n) is 7.10. The van der Waals surface area contributed by atoms with Crippen molar-refractivity contribution in [2.75, 3.05) is 11.9 Å². The van der Waals surface area contributed by atoms with E-state index in [2.05, 4.69) is 27.5 Å². The number of hydrogen-bond donors (Lipinski definition) is 1. The number of benzene rings is 3. The number of ether oxygens (including phenoxy) is 1. The van der Waals surface area contributed by atoms with Gasteiger partial charge in [0.2, 0.25) is 5.28 Å². The first-order valence-electron chi connectivity index (χ1n) is 10.6. The van der Waals surface area contributed by atoms with Gasteiger partial charge in [-0.3, -0.25) is 4.79 Å². The predicted octanol–water partition coefficient (Wildman–Crippen LogP) is 5.98. The van der Waals surface area contributed by atoms with Crippen molar-refractivity contribution in [1.29, 1.82) is 0 Å². The molecule has 0 spiro atoms. The Labute approximate surface area is 202 Å². The summed E-state index contributed by atoms with van der Waals surface area (Å²) in [6.07, 6.45) is 0.806. The zero-order valence-electron chi connectivity index (χ0n) is 18.1. The summed E-state index contributed by atoms with van der Waals surface area (Å²) in [7, 11) is 0. The first kappa shape index (κ1) is 22.9. The first-order chi connectivity index (χ1) is 16.1. The van der Waals surface area contributed by atoms with Crippen molar-refractivity contribution in [1.82, 2.24) is 14.8 Å². The van der Waals surface area contributed by atoms with Gasteiger partial charge in [0.1, 0.15) is 5.75 Å². The van der Waals surface area contributed by atoms with Crippen LogP contribution in [0.3, 0.4) is 0 Å². The van der Waals surface area contributed by atoms with Crippen molar-refractivity contribution in [3.63, 3.8) is 0 Å². The number of nitrogens with one attached hydrogen (secondary N) is 1. The fourth-order valence-corrected chi connectivity index (χ4v) is 4.45. The van der Waals surface area contributed by atoms with E-state index in [0.29, 0.717) is 35.3 Å². The van der Waals surface area contributed by atoms with E-state index in [1.165, 1.54) is 17.3 Å². The van der Waals surface area contributed by atoms with Crippen molar-refractivity contribution < 1.29 is 9.53 Å². The van der Waals surface area contributed by atoms with Crippen LogP contribution in [-0.4, -0.2) is 27.3 Å². The summed E-state index contributed by atoms with van der Waals surface area (Å²) in [5.41, 5.74) is 2.36. The van der Waals surface area contributed by atoms with Crippen LogP contribution < -0.4 is 10.1 Å². The van der Waals surface area contributed by atoms with Gasteiger partial charge < -0.3 is 10.1 Å². The number of halogens is 1. The SMILES string of the molecule is CCOc1ccccc1C(=O)Nc1ccccc1Sc1nc(Cl)nn1CCc1ccccc1. The molecule has 1 N–H and O–H groups in total. The molecule has 8 heteroatoms. The van der Waals surface area contributed by atoms with Gasteiger partial charge in [0.05, 0.1) is 17.9 Å². The molecule has 0 aliphatic carbocycles. The Hall–Kier alpha value is -3.29. The van der Waals surface area contributed by atoms with Gasteiger partial charge in [-0.15, -0.1) is 5.10 Å². The molecular formula is C25H23ClN4O2S. The van der Waals surface area contributed by atoms with E-state index in [1.54, 1.807) is 16.8 Å². The van der Waals surface area contributed by atoms with Gasteiger partial charge in [0.25, 0.3) is 5.91 Å². The number of amides is 1. The van der Waals surface area contributed by atoms with Crippen molar-refractivity contribution in [3.8, 4) is 5.75 Å². The van der Waals surface area contributed by atoms with Crippen LogP contribution in [0, 0.1) is 0 Å². The molecule has 0 saturated carbocycles. The molecule has 1 heterocycles. The molecule has 6 nitrogen and oxygen atoms in total. The van der Waals surface area contributed by atoms with Crippen molar-refractivity contribution in [2.24, 2.45) is 0 Å². The highest BCUT2D eigenvalue weighted by molar-refractivity contribution is 7.99. The Morgan fingerprint density at radius 2 is 1.76 bits per heavy atom. The maximum atomic E-state index is 13.0. The average Bonchev–Trinajstić information content (AvgIpc) is 3.19. The van der Waals surface area contributed by atoms with E-state index in [4.69, 9.17) is 16.3 Å².